The second-order valence-corrected chi connectivity index (χ2v) is 14.0. The number of hydrogen-bond donors (Lipinski definition) is 1. The predicted octanol–water partition coefficient (Wildman–Crippen LogP) is 11.1. The van der Waals surface area contributed by atoms with Crippen LogP contribution in [0, 0.1) is 11.8 Å². The van der Waals surface area contributed by atoms with Gasteiger partial charge in [0, 0.05) is 11.1 Å². The fraction of sp³-hybridized carbons (Fsp3) is 0.971. The van der Waals surface area contributed by atoms with E-state index in [1.54, 1.807) is 0 Å². The van der Waals surface area contributed by atoms with Crippen molar-refractivity contribution in [1.82, 2.24) is 5.06 Å². The monoisotopic (exact) mass is 552 g/mol. The van der Waals surface area contributed by atoms with Crippen molar-refractivity contribution in [2.24, 2.45) is 11.8 Å². The van der Waals surface area contributed by atoms with Crippen LogP contribution in [0.2, 0.25) is 0 Å². The summed E-state index contributed by atoms with van der Waals surface area (Å²) in [6.07, 6.45) is 28.9. The second-order valence-electron chi connectivity index (χ2n) is 14.0. The van der Waals surface area contributed by atoms with Gasteiger partial charge in [-0.1, -0.05) is 136 Å². The van der Waals surface area contributed by atoms with Crippen molar-refractivity contribution in [1.29, 1.82) is 0 Å². The van der Waals surface area contributed by atoms with Crippen molar-refractivity contribution < 1.29 is 14.7 Å². The van der Waals surface area contributed by atoms with Crippen molar-refractivity contribution in [2.75, 3.05) is 6.61 Å². The Hall–Kier alpha value is -0.610. The van der Waals surface area contributed by atoms with Crippen molar-refractivity contribution in [3.63, 3.8) is 0 Å². The molecule has 4 heteroatoms. The van der Waals surface area contributed by atoms with E-state index in [-0.39, 0.29) is 22.9 Å². The molecular formula is C35H69NO3. The van der Waals surface area contributed by atoms with E-state index in [0.29, 0.717) is 0 Å². The first-order valence-electron chi connectivity index (χ1n) is 17.3. The van der Waals surface area contributed by atoms with Gasteiger partial charge in [-0.05, 0) is 59.3 Å². The molecule has 1 heterocycles. The molecule has 1 saturated heterocycles. The summed E-state index contributed by atoms with van der Waals surface area (Å²) in [7, 11) is 0. The number of carbonyl (C=O) groups is 1. The van der Waals surface area contributed by atoms with Crippen LogP contribution in [0.4, 0.5) is 0 Å². The van der Waals surface area contributed by atoms with Crippen LogP contribution in [-0.2, 0) is 9.63 Å². The fourth-order valence-electron chi connectivity index (χ4n) is 7.13. The second kappa shape index (κ2) is 21.1. The first kappa shape index (κ1) is 36.4. The van der Waals surface area contributed by atoms with Gasteiger partial charge in [-0.25, -0.2) is 0 Å². The van der Waals surface area contributed by atoms with Crippen LogP contribution in [0.15, 0.2) is 0 Å². The number of rotatable bonds is 25. The largest absolute Gasteiger partial charge is 0.481 e. The van der Waals surface area contributed by atoms with Gasteiger partial charge in [0.1, 0.15) is 0 Å². The van der Waals surface area contributed by atoms with Gasteiger partial charge >= 0.3 is 5.97 Å². The van der Waals surface area contributed by atoms with Crippen molar-refractivity contribution in [3.05, 3.63) is 0 Å². The minimum atomic E-state index is -0.595. The summed E-state index contributed by atoms with van der Waals surface area (Å²) in [5.74, 6) is -0.618. The lowest BCUT2D eigenvalue weighted by Gasteiger charge is -2.54. The standard InChI is InChI=1S/C35H69NO3/c1-7-9-11-13-15-16-17-18-19-20-21-22-23-25-27-32(33(37)38)31-29-34(3,4)36(35(5,6)30-31)39-28-26-24-14-12-10-8-2/h31-32H,7-30H2,1-6H3,(H,37,38). The number of nitrogens with zero attached hydrogens (tertiary/aromatic N) is 1. The van der Waals surface area contributed by atoms with Gasteiger partial charge in [-0.3, -0.25) is 9.63 Å². The van der Waals surface area contributed by atoms with Crippen LogP contribution in [-0.4, -0.2) is 33.8 Å². The minimum Gasteiger partial charge on any atom is -0.481 e. The Kier molecular flexibility index (Phi) is 19.7. The average molecular weight is 552 g/mol. The van der Waals surface area contributed by atoms with Gasteiger partial charge < -0.3 is 5.11 Å². The third-order valence-corrected chi connectivity index (χ3v) is 9.10. The van der Waals surface area contributed by atoms with Crippen LogP contribution in [0.5, 0.6) is 0 Å². The van der Waals surface area contributed by atoms with E-state index in [1.807, 2.05) is 0 Å². The minimum absolute atomic E-state index is 0.155. The topological polar surface area (TPSA) is 49.8 Å². The van der Waals surface area contributed by atoms with Gasteiger partial charge in [0.15, 0.2) is 0 Å². The number of unbranched alkanes of at least 4 members (excludes halogenated alkanes) is 18. The maximum absolute atomic E-state index is 12.3. The van der Waals surface area contributed by atoms with E-state index < -0.39 is 5.97 Å². The average Bonchev–Trinajstić information content (AvgIpc) is 2.86. The Morgan fingerprint density at radius 2 is 1.03 bits per heavy atom. The zero-order valence-corrected chi connectivity index (χ0v) is 27.3. The molecule has 1 N–H and O–H groups in total. The molecule has 0 bridgehead atoms. The molecule has 39 heavy (non-hydrogen) atoms. The number of hydroxylamine groups is 2. The van der Waals surface area contributed by atoms with E-state index in [2.05, 4.69) is 46.6 Å². The molecule has 0 aliphatic carbocycles. The van der Waals surface area contributed by atoms with E-state index in [1.165, 1.54) is 116 Å². The van der Waals surface area contributed by atoms with Crippen molar-refractivity contribution >= 4 is 5.97 Å². The van der Waals surface area contributed by atoms with E-state index in [4.69, 9.17) is 4.84 Å². The molecule has 1 aliphatic heterocycles. The quantitative estimate of drug-likeness (QED) is 0.115. The van der Waals surface area contributed by atoms with Crippen LogP contribution in [0.25, 0.3) is 0 Å². The first-order valence-corrected chi connectivity index (χ1v) is 17.3. The Balaban J connectivity index is 2.31. The maximum atomic E-state index is 12.3. The third-order valence-electron chi connectivity index (χ3n) is 9.10. The highest BCUT2D eigenvalue weighted by atomic mass is 16.7. The van der Waals surface area contributed by atoms with E-state index >= 15 is 0 Å². The fourth-order valence-corrected chi connectivity index (χ4v) is 7.13. The molecule has 0 spiro atoms. The summed E-state index contributed by atoms with van der Waals surface area (Å²) in [6, 6.07) is 0. The molecule has 0 saturated carbocycles. The molecule has 0 aromatic heterocycles. The lowest BCUT2D eigenvalue weighted by atomic mass is 9.69. The molecule has 0 aromatic rings. The zero-order chi connectivity index (χ0) is 29.0. The normalized spacial score (nSPS) is 18.4. The highest BCUT2D eigenvalue weighted by Gasteiger charge is 2.49. The van der Waals surface area contributed by atoms with Gasteiger partial charge in [0.25, 0.3) is 0 Å². The predicted molar refractivity (Wildman–Crippen MR) is 168 cm³/mol. The number of aliphatic carboxylic acids is 1. The molecule has 1 unspecified atom stereocenters. The molecule has 1 aliphatic rings. The highest BCUT2D eigenvalue weighted by Crippen LogP contribution is 2.45. The summed E-state index contributed by atoms with van der Waals surface area (Å²) in [6.45, 7) is 14.3. The molecule has 4 nitrogen and oxygen atoms in total. The summed E-state index contributed by atoms with van der Waals surface area (Å²) in [4.78, 5) is 18.7. The SMILES string of the molecule is CCCCCCCCCCCCCCCCC(C(=O)O)C1CC(C)(C)N(OCCCCCCCC)C(C)(C)C1. The van der Waals surface area contributed by atoms with Crippen molar-refractivity contribution in [3.8, 4) is 0 Å². The van der Waals surface area contributed by atoms with Gasteiger partial charge in [-0.15, -0.1) is 0 Å². The number of carboxylic acid groups (broad SMARTS) is 1. The summed E-state index contributed by atoms with van der Waals surface area (Å²) in [5, 5.41) is 12.4. The van der Waals surface area contributed by atoms with Crippen molar-refractivity contribution in [2.45, 2.75) is 200 Å². The Morgan fingerprint density at radius 3 is 1.41 bits per heavy atom. The molecular weight excluding hydrogens is 482 g/mol. The first-order chi connectivity index (χ1) is 18.7. The number of hydrogen-bond acceptors (Lipinski definition) is 3. The third kappa shape index (κ3) is 15.8. The van der Waals surface area contributed by atoms with Crippen LogP contribution >= 0.6 is 0 Å². The smallest absolute Gasteiger partial charge is 0.306 e. The van der Waals surface area contributed by atoms with Gasteiger partial charge in [0.2, 0.25) is 0 Å². The maximum Gasteiger partial charge on any atom is 0.306 e. The van der Waals surface area contributed by atoms with Gasteiger partial charge in [0.05, 0.1) is 12.5 Å². The highest BCUT2D eigenvalue weighted by molar-refractivity contribution is 5.70. The molecule has 232 valence electrons. The zero-order valence-electron chi connectivity index (χ0n) is 27.3. The summed E-state index contributed by atoms with van der Waals surface area (Å²) >= 11 is 0. The number of piperidine rings is 1. The van der Waals surface area contributed by atoms with E-state index in [9.17, 15) is 9.90 Å². The number of carboxylic acids is 1. The van der Waals surface area contributed by atoms with Crippen LogP contribution < -0.4 is 0 Å². The Bertz CT molecular complexity index is 585. The molecule has 0 amide bonds. The molecule has 1 atom stereocenters. The van der Waals surface area contributed by atoms with Gasteiger partial charge in [-0.2, -0.15) is 5.06 Å². The van der Waals surface area contributed by atoms with Crippen LogP contribution in [0.3, 0.4) is 0 Å². The molecule has 0 aromatic carbocycles. The Labute approximate surface area is 244 Å². The Morgan fingerprint density at radius 1 is 0.667 bits per heavy atom. The summed E-state index contributed by atoms with van der Waals surface area (Å²) in [5.41, 5.74) is -0.310. The molecule has 1 rings (SSSR count). The molecule has 0 radical (unpaired) electrons. The lowest BCUT2D eigenvalue weighted by molar-refractivity contribution is -0.290. The molecule has 1 fully saturated rings. The van der Waals surface area contributed by atoms with E-state index in [0.717, 1.165) is 38.7 Å². The lowest BCUT2D eigenvalue weighted by Crippen LogP contribution is -2.61. The summed E-state index contributed by atoms with van der Waals surface area (Å²) < 4.78 is 0. The van der Waals surface area contributed by atoms with Crippen LogP contribution in [0.1, 0.15) is 189 Å².